The van der Waals surface area contributed by atoms with Gasteiger partial charge in [0, 0.05) is 83.5 Å². The van der Waals surface area contributed by atoms with E-state index in [0.717, 1.165) is 33.9 Å². The molecule has 0 unspecified atom stereocenters. The summed E-state index contributed by atoms with van der Waals surface area (Å²) in [5, 5.41) is 95.7. The van der Waals surface area contributed by atoms with Gasteiger partial charge in [-0.15, -0.1) is 0 Å². The van der Waals surface area contributed by atoms with Crippen LogP contribution in [0.3, 0.4) is 0 Å². The molecule has 2 heterocycles. The maximum Gasteiger partial charge on any atom is 0.312 e. The molecule has 802 valence electrons. The minimum absolute atomic E-state index is 0.00355. The van der Waals surface area contributed by atoms with E-state index in [4.69, 9.17) is 67.8 Å². The van der Waals surface area contributed by atoms with Gasteiger partial charge in [-0.1, -0.05) is 88.3 Å². The van der Waals surface area contributed by atoms with Crippen LogP contribution < -0.4 is 153 Å². The number of hydrogen-bond donors (Lipinski definition) is 33. The van der Waals surface area contributed by atoms with Gasteiger partial charge >= 0.3 is 18.1 Å². The lowest BCUT2D eigenvalue weighted by Gasteiger charge is -2.31. The third-order valence-corrected chi connectivity index (χ3v) is 25.9. The van der Waals surface area contributed by atoms with Crippen molar-refractivity contribution in [2.24, 2.45) is 51.6 Å². The largest absolute Gasteiger partial charge is 0.508 e. The molecule has 0 spiro atoms. The Labute approximate surface area is 851 Å². The molecule has 52 nitrogen and oxygen atoms in total. The van der Waals surface area contributed by atoms with E-state index in [-0.39, 0.29) is 192 Å². The van der Waals surface area contributed by atoms with Crippen LogP contribution >= 0.6 is 21.6 Å². The second-order valence-electron chi connectivity index (χ2n) is 35.1. The molecule has 0 radical (unpaired) electrons. The van der Waals surface area contributed by atoms with Crippen LogP contribution in [-0.2, 0) is 91.2 Å². The van der Waals surface area contributed by atoms with Crippen LogP contribution in [0.25, 0.3) is 10.8 Å². The smallest absolute Gasteiger partial charge is 0.312 e. The summed E-state index contributed by atoms with van der Waals surface area (Å²) < 4.78 is 0. The van der Waals surface area contributed by atoms with Crippen molar-refractivity contribution in [2.45, 2.75) is 239 Å². The normalized spacial score (nSPS) is 20.0. The number of phenolic OH excluding ortho intramolecular Hbond substituents is 2. The molecular formula is C92H142N32O20S2. The number of phenols is 2. The number of amides is 21. The van der Waals surface area contributed by atoms with Gasteiger partial charge in [-0.3, -0.25) is 88.1 Å². The highest BCUT2D eigenvalue weighted by molar-refractivity contribution is 8.76. The highest BCUT2D eigenvalue weighted by atomic mass is 33.1. The SMILES string of the molecule is CC(=O)N[C@@H](CCCNC(N)=O)C(=O)N[C@@H](CCCNC(=N)N)C(=O)N[C@@H](Cc1ccc2ccccc2c1)C(=O)N[C@H]1CSSC[C@@H](C(=O)N[C@@H](CCCNC(=N)N)C(N)=O)NC(=O)[C@H](CCCNC(N)=O)NC(=O)[C@H](CCCNC(=N)N)NC(=O)[C@H](Cc2ccc(O)cc2)NC(=O)[C@@H]2CCCN2C(=O)[C@@H](CCCCN)NC(=O)[C@H](CCCCN)NC(=O)[C@H](CCCNC(N)=O)NC(=O)[C@H](Cc2ccc(O)cc2)NC1=O. The Bertz CT molecular complexity index is 5110. The number of carbonyl (C=O) groups is 18. The number of carbonyl (C=O) groups excluding carboxylic acids is 18. The number of rotatable bonds is 48. The van der Waals surface area contributed by atoms with Crippen molar-refractivity contribution >= 4 is 157 Å². The van der Waals surface area contributed by atoms with Gasteiger partial charge in [0.25, 0.3) is 0 Å². The predicted octanol–water partition coefficient (Wildman–Crippen LogP) is -6.13. The number of hydrogen-bond acceptors (Lipinski definition) is 27. The Morgan fingerprint density at radius 3 is 1.25 bits per heavy atom. The monoisotopic (exact) mass is 2080 g/mol. The summed E-state index contributed by atoms with van der Waals surface area (Å²) in [7, 11) is 1.47. The minimum Gasteiger partial charge on any atom is -0.508 e. The molecular weight excluding hydrogens is 1940 g/mol. The number of urea groups is 3. The van der Waals surface area contributed by atoms with Crippen LogP contribution in [0, 0.1) is 16.2 Å². The first kappa shape index (κ1) is 120. The number of benzene rings is 4. The Hall–Kier alpha value is -15.0. The van der Waals surface area contributed by atoms with Gasteiger partial charge in [0.1, 0.15) is 96.1 Å². The van der Waals surface area contributed by atoms with Crippen molar-refractivity contribution in [1.29, 1.82) is 16.2 Å². The molecule has 146 heavy (non-hydrogen) atoms. The van der Waals surface area contributed by atoms with Crippen molar-refractivity contribution in [3.05, 3.63) is 108 Å². The van der Waals surface area contributed by atoms with E-state index in [1.54, 1.807) is 36.4 Å². The Morgan fingerprint density at radius 1 is 0.404 bits per heavy atom. The van der Waals surface area contributed by atoms with Crippen molar-refractivity contribution in [3.8, 4) is 11.5 Å². The van der Waals surface area contributed by atoms with Gasteiger partial charge in [0.2, 0.25) is 88.6 Å². The molecule has 2 aliphatic rings. The summed E-state index contributed by atoms with van der Waals surface area (Å²) in [4.78, 5) is 263. The average molecular weight is 2080 g/mol. The zero-order valence-corrected chi connectivity index (χ0v) is 83.1. The predicted molar refractivity (Wildman–Crippen MR) is 545 cm³/mol. The lowest BCUT2D eigenvalue weighted by Crippen LogP contribution is -2.61. The number of nitrogens with one attached hydrogen (secondary N) is 22. The van der Waals surface area contributed by atoms with E-state index in [9.17, 15) is 39.0 Å². The fraction of sp³-hybridized carbons (Fsp3) is 0.533. The zero-order valence-electron chi connectivity index (χ0n) is 81.5. The molecule has 21 amide bonds. The quantitative estimate of drug-likeness (QED) is 0.00847. The number of nitrogens with zero attached hydrogens (tertiary/aromatic N) is 1. The van der Waals surface area contributed by atoms with E-state index >= 15 is 57.5 Å². The maximum atomic E-state index is 16.1. The van der Waals surface area contributed by atoms with Gasteiger partial charge in [-0.2, -0.15) is 0 Å². The molecule has 4 aromatic carbocycles. The Balaban J connectivity index is 1.63. The van der Waals surface area contributed by atoms with Crippen LogP contribution in [0.2, 0.25) is 0 Å². The molecule has 2 saturated heterocycles. The van der Waals surface area contributed by atoms with E-state index in [2.05, 4.69) is 101 Å². The molecule has 0 aliphatic carbocycles. The third-order valence-electron chi connectivity index (χ3n) is 23.5. The number of primary amides is 4. The highest BCUT2D eigenvalue weighted by Gasteiger charge is 2.43. The summed E-state index contributed by atoms with van der Waals surface area (Å²) in [5.41, 5.74) is 52.0. The van der Waals surface area contributed by atoms with Crippen LogP contribution in [0.5, 0.6) is 11.5 Å². The number of fused-ring (bicyclic) bond motifs is 2. The molecule has 0 aromatic heterocycles. The van der Waals surface area contributed by atoms with Gasteiger partial charge in [-0.05, 0) is 193 Å². The molecule has 6 rings (SSSR count). The summed E-state index contributed by atoms with van der Waals surface area (Å²) in [6, 6.07) is -2.71. The molecule has 0 saturated carbocycles. The first-order valence-electron chi connectivity index (χ1n) is 48.2. The van der Waals surface area contributed by atoms with E-state index < -0.39 is 240 Å². The van der Waals surface area contributed by atoms with Gasteiger partial charge in [-0.25, -0.2) is 14.4 Å². The molecule has 2 fully saturated rings. The second kappa shape index (κ2) is 63.9. The summed E-state index contributed by atoms with van der Waals surface area (Å²) in [6.07, 6.45) is -1.99. The number of aromatic hydroxyl groups is 2. The lowest BCUT2D eigenvalue weighted by atomic mass is 10.00. The van der Waals surface area contributed by atoms with Crippen LogP contribution in [0.15, 0.2) is 91.0 Å². The number of unbranched alkanes of at least 4 members (excludes halogenated alkanes) is 2. The summed E-state index contributed by atoms with van der Waals surface area (Å²) >= 11 is 0. The summed E-state index contributed by atoms with van der Waals surface area (Å²) in [6.45, 7) is 0.723. The maximum absolute atomic E-state index is 16.1. The number of nitrogens with two attached hydrogens (primary N) is 9. The molecule has 4 aromatic rings. The minimum atomic E-state index is -1.94. The van der Waals surface area contributed by atoms with Crippen LogP contribution in [-0.4, -0.2) is 295 Å². The van der Waals surface area contributed by atoms with Gasteiger partial charge in [0.15, 0.2) is 17.9 Å². The fourth-order valence-corrected chi connectivity index (χ4v) is 18.2. The Morgan fingerprint density at radius 2 is 0.788 bits per heavy atom. The van der Waals surface area contributed by atoms with Crippen molar-refractivity contribution in [3.63, 3.8) is 0 Å². The lowest BCUT2D eigenvalue weighted by molar-refractivity contribution is -0.142. The molecule has 14 atom stereocenters. The van der Waals surface area contributed by atoms with Crippen molar-refractivity contribution in [1.82, 2.24) is 106 Å². The zero-order chi connectivity index (χ0) is 107. The molecule has 2 aliphatic heterocycles. The first-order chi connectivity index (χ1) is 69.6. The van der Waals surface area contributed by atoms with Crippen molar-refractivity contribution in [2.75, 3.05) is 70.4 Å². The second-order valence-corrected chi connectivity index (χ2v) is 37.6. The van der Waals surface area contributed by atoms with Crippen LogP contribution in [0.4, 0.5) is 14.4 Å². The summed E-state index contributed by atoms with van der Waals surface area (Å²) in [5.74, 6) is -18.1. The van der Waals surface area contributed by atoms with E-state index in [1.807, 2.05) is 6.07 Å². The topological polar surface area (TPSA) is 885 Å². The van der Waals surface area contributed by atoms with E-state index in [1.165, 1.54) is 53.4 Å². The Kier molecular flexibility index (Phi) is 52.4. The van der Waals surface area contributed by atoms with E-state index in [0.29, 0.717) is 29.4 Å². The molecule has 42 N–H and O–H groups in total. The van der Waals surface area contributed by atoms with Gasteiger partial charge in [0.05, 0.1) is 0 Å². The molecule has 0 bridgehead atoms. The number of guanidine groups is 3. The van der Waals surface area contributed by atoms with Gasteiger partial charge < -0.3 is 168 Å². The average Bonchev–Trinajstić information content (AvgIpc) is 1.69. The standard InChI is InChI=1S/C92H142N32O20S2/c1-51(125)111-60(20-11-41-108-90(102)142)74(129)114-64(22-10-40-107-89(100)101)78(133)119-69(48-54-26-31-55-15-2-3-16-56(55)45-54)82(137)123-71-50-146-145-49-70(83(138)112-59(73(95)128)19-8-38-105-87(96)97)122-79(134)65(24-13-43-110-92(104)144)115-76(131)62(21-9-39-106-88(98)99)117-81(136)68(47-53-29-34-58(127)35-30-53)121-85(140)72-25-14-44-124(72)86(141)66(18-5-7-37-94)118-77(132)61(17-4-6-36-93)113-75(130)63(23-12-42-109-91(103)143)116-80(135)67(120-84(71)139)46-52-27-32-57(126)33-28-52/h2-3,15-16,26-35,45,59-72,126-127H,4-14,17-25,36-44,46-50,93-94H2,1H3,(H2,95,128)(H,111,125)(H,112,138)(H,113,130)(H,114,129)(H,115,131)(H,116,135)(H,117,136)(H,118,132)(H,119,133)(H,120,139)(H,121,140)(H,122,134)(H,123,137)(H4,96,97,105)(H4,98,99,106)(H4,100,101,107)(H3,102,108,142)(H3,103,109,143)(H3,104,110,144)/t59-,60-,61-,62-,63-,64-,65-,66+,67-,68-,69-,70-,71-,72-/m0/s1. The van der Waals surface area contributed by atoms with Crippen molar-refractivity contribution < 1.29 is 96.5 Å². The molecule has 54 heteroatoms. The third kappa shape index (κ3) is 44.5. The fourth-order valence-electron chi connectivity index (χ4n) is 15.9. The first-order valence-corrected chi connectivity index (χ1v) is 50.6. The highest BCUT2D eigenvalue weighted by Crippen LogP contribution is 2.27. The van der Waals surface area contributed by atoms with Crippen LogP contribution in [0.1, 0.15) is 152 Å².